The number of carbonyl (C=O) groups excluding carboxylic acids is 1. The Hall–Kier alpha value is -2.60. The monoisotopic (exact) mass is 344 g/mol. The zero-order valence-corrected chi connectivity index (χ0v) is 14.1. The van der Waals surface area contributed by atoms with Crippen LogP contribution >= 0.6 is 0 Å². The molecule has 6 heteroatoms. The molecule has 25 heavy (non-hydrogen) atoms. The summed E-state index contributed by atoms with van der Waals surface area (Å²) in [7, 11) is 1.78. The summed E-state index contributed by atoms with van der Waals surface area (Å²) >= 11 is 0. The first-order valence-electron chi connectivity index (χ1n) is 8.19. The van der Waals surface area contributed by atoms with E-state index < -0.39 is 0 Å². The third-order valence-corrected chi connectivity index (χ3v) is 3.91. The maximum atomic E-state index is 13.6. The molecule has 0 aromatic heterocycles. The summed E-state index contributed by atoms with van der Waals surface area (Å²) in [6.45, 7) is 1.30. The first-order valence-corrected chi connectivity index (χ1v) is 8.19. The number of fused-ring (bicyclic) bond motifs is 1. The van der Waals surface area contributed by atoms with Crippen molar-refractivity contribution in [3.63, 3.8) is 0 Å². The zero-order chi connectivity index (χ0) is 17.6. The van der Waals surface area contributed by atoms with Gasteiger partial charge in [-0.1, -0.05) is 30.3 Å². The van der Waals surface area contributed by atoms with Gasteiger partial charge in [0.15, 0.2) is 11.5 Å². The Kier molecular flexibility index (Phi) is 5.50. The molecule has 0 saturated carbocycles. The van der Waals surface area contributed by atoms with E-state index in [0.29, 0.717) is 31.0 Å². The third-order valence-electron chi connectivity index (χ3n) is 3.91. The maximum Gasteiger partial charge on any atom is 0.234 e. The molecule has 5 nitrogen and oxygen atoms in total. The number of likely N-dealkylation sites (N-methyl/N-ethyl adjacent to an activating group) is 1. The quantitative estimate of drug-likeness (QED) is 0.873. The predicted octanol–water partition coefficient (Wildman–Crippen LogP) is 2.21. The Morgan fingerprint density at radius 1 is 1.20 bits per heavy atom. The van der Waals surface area contributed by atoms with Gasteiger partial charge in [-0.25, -0.2) is 4.39 Å². The number of hydrogen-bond donors (Lipinski definition) is 1. The van der Waals surface area contributed by atoms with Crippen LogP contribution in [0.5, 0.6) is 11.5 Å². The number of benzene rings is 2. The summed E-state index contributed by atoms with van der Waals surface area (Å²) in [4.78, 5) is 13.8. The summed E-state index contributed by atoms with van der Waals surface area (Å²) in [6.07, 6.45) is -0.226. The topological polar surface area (TPSA) is 50.8 Å². The molecule has 1 unspecified atom stereocenters. The minimum absolute atomic E-state index is 0.138. The zero-order valence-electron chi connectivity index (χ0n) is 14.1. The molecule has 1 aliphatic rings. The molecule has 1 aliphatic heterocycles. The Morgan fingerprint density at radius 3 is 2.72 bits per heavy atom. The van der Waals surface area contributed by atoms with Crippen molar-refractivity contribution in [1.29, 1.82) is 0 Å². The van der Waals surface area contributed by atoms with Crippen LogP contribution in [0.4, 0.5) is 4.39 Å². The van der Waals surface area contributed by atoms with Crippen LogP contribution in [0.1, 0.15) is 5.56 Å². The van der Waals surface area contributed by atoms with Gasteiger partial charge >= 0.3 is 0 Å². The molecule has 0 aliphatic carbocycles. The Balaban J connectivity index is 1.43. The molecule has 0 saturated heterocycles. The maximum absolute atomic E-state index is 13.6. The lowest BCUT2D eigenvalue weighted by atomic mass is 10.2. The normalized spacial score (nSPS) is 15.9. The van der Waals surface area contributed by atoms with Crippen molar-refractivity contribution in [3.05, 3.63) is 59.9 Å². The number of carbonyl (C=O) groups is 1. The van der Waals surface area contributed by atoms with E-state index in [-0.39, 0.29) is 24.4 Å². The molecule has 0 spiro atoms. The van der Waals surface area contributed by atoms with E-state index in [1.807, 2.05) is 24.3 Å². The second kappa shape index (κ2) is 7.98. The second-order valence-corrected chi connectivity index (χ2v) is 6.07. The predicted molar refractivity (Wildman–Crippen MR) is 92.1 cm³/mol. The summed E-state index contributed by atoms with van der Waals surface area (Å²) in [5.74, 6) is 1.00. The van der Waals surface area contributed by atoms with Gasteiger partial charge in [-0.2, -0.15) is 0 Å². The first-order chi connectivity index (χ1) is 12.1. The van der Waals surface area contributed by atoms with Crippen molar-refractivity contribution in [2.75, 3.05) is 26.7 Å². The average Bonchev–Trinajstić information content (AvgIpc) is 2.62. The number of amides is 1. The minimum atomic E-state index is -0.263. The highest BCUT2D eigenvalue weighted by Gasteiger charge is 2.21. The minimum Gasteiger partial charge on any atom is -0.486 e. The lowest BCUT2D eigenvalue weighted by Crippen LogP contribution is -2.43. The van der Waals surface area contributed by atoms with Gasteiger partial charge in [-0.05, 0) is 25.2 Å². The van der Waals surface area contributed by atoms with Crippen LogP contribution in [0.3, 0.4) is 0 Å². The highest BCUT2D eigenvalue weighted by molar-refractivity contribution is 5.78. The third kappa shape index (κ3) is 4.70. The molecular weight excluding hydrogens is 323 g/mol. The lowest BCUT2D eigenvalue weighted by molar-refractivity contribution is -0.122. The van der Waals surface area contributed by atoms with Gasteiger partial charge in [-0.3, -0.25) is 9.69 Å². The summed E-state index contributed by atoms with van der Waals surface area (Å²) in [6, 6.07) is 14.0. The van der Waals surface area contributed by atoms with Gasteiger partial charge in [0.25, 0.3) is 0 Å². The lowest BCUT2D eigenvalue weighted by Gasteiger charge is -2.26. The molecule has 0 bridgehead atoms. The van der Waals surface area contributed by atoms with E-state index in [1.54, 1.807) is 30.1 Å². The van der Waals surface area contributed by atoms with E-state index in [1.165, 1.54) is 6.07 Å². The van der Waals surface area contributed by atoms with E-state index in [0.717, 1.165) is 5.75 Å². The molecular formula is C19H21FN2O3. The molecule has 1 heterocycles. The largest absolute Gasteiger partial charge is 0.486 e. The highest BCUT2D eigenvalue weighted by Crippen LogP contribution is 2.30. The highest BCUT2D eigenvalue weighted by atomic mass is 19.1. The van der Waals surface area contributed by atoms with Crippen LogP contribution in [0.25, 0.3) is 0 Å². The number of nitrogens with one attached hydrogen (secondary N) is 1. The number of para-hydroxylation sites is 2. The first kappa shape index (κ1) is 17.2. The van der Waals surface area contributed by atoms with Gasteiger partial charge in [0.1, 0.15) is 18.5 Å². The van der Waals surface area contributed by atoms with Crippen LogP contribution in [-0.4, -0.2) is 43.7 Å². The smallest absolute Gasteiger partial charge is 0.234 e. The molecule has 3 rings (SSSR count). The fourth-order valence-electron chi connectivity index (χ4n) is 2.67. The van der Waals surface area contributed by atoms with Crippen molar-refractivity contribution in [1.82, 2.24) is 10.2 Å². The number of ether oxygens (including phenoxy) is 2. The number of rotatable bonds is 6. The van der Waals surface area contributed by atoms with E-state index in [2.05, 4.69) is 5.32 Å². The van der Waals surface area contributed by atoms with Crippen molar-refractivity contribution in [3.8, 4) is 11.5 Å². The van der Waals surface area contributed by atoms with Crippen molar-refractivity contribution in [2.45, 2.75) is 12.6 Å². The van der Waals surface area contributed by atoms with E-state index in [9.17, 15) is 9.18 Å². The van der Waals surface area contributed by atoms with Crippen molar-refractivity contribution in [2.24, 2.45) is 0 Å². The van der Waals surface area contributed by atoms with Crippen LogP contribution in [0.2, 0.25) is 0 Å². The fraction of sp³-hybridized carbons (Fsp3) is 0.316. The average molecular weight is 344 g/mol. The van der Waals surface area contributed by atoms with Crippen LogP contribution in [0, 0.1) is 5.82 Å². The van der Waals surface area contributed by atoms with Gasteiger partial charge in [0.05, 0.1) is 13.1 Å². The number of halogens is 1. The molecule has 2 aromatic carbocycles. The Morgan fingerprint density at radius 2 is 1.92 bits per heavy atom. The number of nitrogens with zero attached hydrogens (tertiary/aromatic N) is 1. The Bertz CT molecular complexity index is 738. The standard InChI is InChI=1S/C19H21FN2O3/c1-22(11-14-6-2-3-7-16(14)20)12-19(23)21-10-15-13-24-17-8-4-5-9-18(17)25-15/h2-9,15H,10-13H2,1H3,(H,21,23). The van der Waals surface area contributed by atoms with Crippen molar-refractivity contribution >= 4 is 5.91 Å². The molecule has 0 radical (unpaired) electrons. The van der Waals surface area contributed by atoms with Crippen LogP contribution in [0.15, 0.2) is 48.5 Å². The van der Waals surface area contributed by atoms with Crippen LogP contribution in [-0.2, 0) is 11.3 Å². The molecule has 1 N–H and O–H groups in total. The molecule has 0 fully saturated rings. The molecule has 132 valence electrons. The summed E-state index contributed by atoms with van der Waals surface area (Å²) in [5, 5.41) is 2.84. The molecule has 1 atom stereocenters. The van der Waals surface area contributed by atoms with Gasteiger partial charge in [-0.15, -0.1) is 0 Å². The molecule has 2 aromatic rings. The Labute approximate surface area is 146 Å². The van der Waals surface area contributed by atoms with Gasteiger partial charge < -0.3 is 14.8 Å². The summed E-state index contributed by atoms with van der Waals surface area (Å²) < 4.78 is 25.1. The van der Waals surface area contributed by atoms with Gasteiger partial charge in [0.2, 0.25) is 5.91 Å². The van der Waals surface area contributed by atoms with E-state index >= 15 is 0 Å². The van der Waals surface area contributed by atoms with Crippen LogP contribution < -0.4 is 14.8 Å². The SMILES string of the molecule is CN(CC(=O)NCC1COc2ccccc2O1)Cc1ccccc1F. The fourth-order valence-corrected chi connectivity index (χ4v) is 2.67. The summed E-state index contributed by atoms with van der Waals surface area (Å²) in [5.41, 5.74) is 0.568. The van der Waals surface area contributed by atoms with Crippen molar-refractivity contribution < 1.29 is 18.7 Å². The second-order valence-electron chi connectivity index (χ2n) is 6.07. The van der Waals surface area contributed by atoms with Gasteiger partial charge in [0, 0.05) is 12.1 Å². The van der Waals surface area contributed by atoms with E-state index in [4.69, 9.17) is 9.47 Å². The molecule has 1 amide bonds. The number of hydrogen-bond acceptors (Lipinski definition) is 4.